The van der Waals surface area contributed by atoms with Crippen LogP contribution in [0, 0.1) is 0 Å². The highest BCUT2D eigenvalue weighted by Crippen LogP contribution is 2.34. The van der Waals surface area contributed by atoms with Crippen molar-refractivity contribution in [3.05, 3.63) is 46.9 Å². The number of benzene rings is 2. The molecule has 3 rings (SSSR count). The molecular weight excluding hydrogens is 358 g/mol. The van der Waals surface area contributed by atoms with Crippen molar-refractivity contribution in [3.63, 3.8) is 0 Å². The SMILES string of the molecule is O=C(O)CCCOc1ccc2ccccc2c1/C=C1/SC(=S)NC1=O. The van der Waals surface area contributed by atoms with E-state index in [0.29, 0.717) is 28.0 Å². The summed E-state index contributed by atoms with van der Waals surface area (Å²) in [7, 11) is 0. The molecule has 5 nitrogen and oxygen atoms in total. The second kappa shape index (κ2) is 7.67. The van der Waals surface area contributed by atoms with Gasteiger partial charge in [0.25, 0.3) is 5.91 Å². The van der Waals surface area contributed by atoms with Crippen molar-refractivity contribution in [1.82, 2.24) is 5.32 Å². The van der Waals surface area contributed by atoms with Crippen molar-refractivity contribution < 1.29 is 19.4 Å². The van der Waals surface area contributed by atoms with Crippen molar-refractivity contribution in [2.75, 3.05) is 6.61 Å². The number of ether oxygens (including phenoxy) is 1. The minimum atomic E-state index is -0.850. The van der Waals surface area contributed by atoms with E-state index in [1.54, 1.807) is 6.08 Å². The number of fused-ring (bicyclic) bond motifs is 1. The first-order valence-electron chi connectivity index (χ1n) is 7.66. The maximum absolute atomic E-state index is 12.0. The van der Waals surface area contributed by atoms with Gasteiger partial charge in [0.15, 0.2) is 0 Å². The maximum atomic E-state index is 12.0. The van der Waals surface area contributed by atoms with Crippen molar-refractivity contribution in [3.8, 4) is 5.75 Å². The molecule has 128 valence electrons. The van der Waals surface area contributed by atoms with Crippen LogP contribution < -0.4 is 10.1 Å². The van der Waals surface area contributed by atoms with Crippen LogP contribution in [0.2, 0.25) is 0 Å². The normalized spacial score (nSPS) is 15.6. The Kier molecular flexibility index (Phi) is 5.35. The average molecular weight is 373 g/mol. The van der Waals surface area contributed by atoms with Gasteiger partial charge in [-0.15, -0.1) is 0 Å². The smallest absolute Gasteiger partial charge is 0.303 e. The zero-order valence-electron chi connectivity index (χ0n) is 13.2. The fraction of sp³-hybridized carbons (Fsp3) is 0.167. The molecule has 1 amide bonds. The van der Waals surface area contributed by atoms with Gasteiger partial charge in [0.2, 0.25) is 0 Å². The second-order valence-electron chi connectivity index (χ2n) is 5.40. The van der Waals surface area contributed by atoms with E-state index in [2.05, 4.69) is 5.32 Å². The van der Waals surface area contributed by atoms with Crippen molar-refractivity contribution >= 4 is 57.0 Å². The van der Waals surface area contributed by atoms with E-state index in [-0.39, 0.29) is 12.3 Å². The molecule has 0 atom stereocenters. The van der Waals surface area contributed by atoms with E-state index in [4.69, 9.17) is 22.1 Å². The molecule has 0 unspecified atom stereocenters. The number of carboxylic acids is 1. The van der Waals surface area contributed by atoms with Crippen LogP contribution in [-0.2, 0) is 9.59 Å². The third kappa shape index (κ3) is 4.18. The molecule has 0 radical (unpaired) electrons. The minimum absolute atomic E-state index is 0.0521. The van der Waals surface area contributed by atoms with Gasteiger partial charge in [-0.1, -0.05) is 54.3 Å². The van der Waals surface area contributed by atoms with E-state index in [9.17, 15) is 9.59 Å². The Balaban J connectivity index is 1.96. The lowest BCUT2D eigenvalue weighted by atomic mass is 10.0. The Bertz CT molecular complexity index is 892. The molecule has 1 aliphatic rings. The second-order valence-corrected chi connectivity index (χ2v) is 7.12. The lowest BCUT2D eigenvalue weighted by molar-refractivity contribution is -0.137. The molecule has 7 heteroatoms. The topological polar surface area (TPSA) is 75.6 Å². The van der Waals surface area contributed by atoms with Crippen LogP contribution in [0.3, 0.4) is 0 Å². The quantitative estimate of drug-likeness (QED) is 0.458. The molecule has 0 saturated carbocycles. The zero-order chi connectivity index (χ0) is 17.8. The van der Waals surface area contributed by atoms with Gasteiger partial charge >= 0.3 is 5.97 Å². The third-order valence-electron chi connectivity index (χ3n) is 3.64. The molecule has 1 fully saturated rings. The summed E-state index contributed by atoms with van der Waals surface area (Å²) in [6.45, 7) is 0.290. The van der Waals surface area contributed by atoms with Gasteiger partial charge in [-0.2, -0.15) is 0 Å². The lowest BCUT2D eigenvalue weighted by Gasteiger charge is -2.12. The Morgan fingerprint density at radius 2 is 2.08 bits per heavy atom. The summed E-state index contributed by atoms with van der Waals surface area (Å²) in [5, 5.41) is 13.3. The van der Waals surface area contributed by atoms with E-state index in [0.717, 1.165) is 16.3 Å². The molecule has 2 aromatic rings. The Morgan fingerprint density at radius 3 is 2.80 bits per heavy atom. The Morgan fingerprint density at radius 1 is 1.28 bits per heavy atom. The van der Waals surface area contributed by atoms with E-state index in [1.807, 2.05) is 36.4 Å². The molecule has 2 N–H and O–H groups in total. The van der Waals surface area contributed by atoms with Crippen molar-refractivity contribution in [1.29, 1.82) is 0 Å². The highest BCUT2D eigenvalue weighted by atomic mass is 32.2. The number of carboxylic acid groups (broad SMARTS) is 1. The average Bonchev–Trinajstić information content (AvgIpc) is 2.90. The van der Waals surface area contributed by atoms with E-state index >= 15 is 0 Å². The molecule has 0 bridgehead atoms. The predicted molar refractivity (Wildman–Crippen MR) is 103 cm³/mol. The van der Waals surface area contributed by atoms with Crippen LogP contribution in [0.25, 0.3) is 16.8 Å². The van der Waals surface area contributed by atoms with Crippen LogP contribution >= 0.6 is 24.0 Å². The van der Waals surface area contributed by atoms with Gasteiger partial charge in [-0.25, -0.2) is 0 Å². The largest absolute Gasteiger partial charge is 0.493 e. The molecule has 25 heavy (non-hydrogen) atoms. The first-order valence-corrected chi connectivity index (χ1v) is 8.88. The van der Waals surface area contributed by atoms with Gasteiger partial charge in [-0.05, 0) is 29.3 Å². The van der Waals surface area contributed by atoms with E-state index < -0.39 is 5.97 Å². The monoisotopic (exact) mass is 373 g/mol. The summed E-state index contributed by atoms with van der Waals surface area (Å²) in [5.74, 6) is -0.459. The zero-order valence-corrected chi connectivity index (χ0v) is 14.8. The number of nitrogens with one attached hydrogen (secondary N) is 1. The first-order chi connectivity index (χ1) is 12.0. The molecule has 1 saturated heterocycles. The highest BCUT2D eigenvalue weighted by Gasteiger charge is 2.23. The number of thiocarbonyl (C=S) groups is 1. The molecule has 2 aromatic carbocycles. The fourth-order valence-corrected chi connectivity index (χ4v) is 3.53. The lowest BCUT2D eigenvalue weighted by Crippen LogP contribution is -2.17. The number of carbonyl (C=O) groups excluding carboxylic acids is 1. The summed E-state index contributed by atoms with van der Waals surface area (Å²) in [6, 6.07) is 11.6. The van der Waals surface area contributed by atoms with Crippen LogP contribution in [-0.4, -0.2) is 27.9 Å². The summed E-state index contributed by atoms with van der Waals surface area (Å²) < 4.78 is 6.22. The number of rotatable bonds is 6. The molecule has 1 aliphatic heterocycles. The molecule has 0 aliphatic carbocycles. The minimum Gasteiger partial charge on any atom is -0.493 e. The number of carbonyl (C=O) groups is 2. The predicted octanol–water partition coefficient (Wildman–Crippen LogP) is 3.57. The number of aliphatic carboxylic acids is 1. The molecule has 0 aromatic heterocycles. The van der Waals surface area contributed by atoms with Crippen LogP contribution in [0.1, 0.15) is 18.4 Å². The molecular formula is C18H15NO4S2. The van der Waals surface area contributed by atoms with Crippen LogP contribution in [0.5, 0.6) is 5.75 Å². The summed E-state index contributed by atoms with van der Waals surface area (Å²) in [5.41, 5.74) is 0.788. The number of hydrogen-bond donors (Lipinski definition) is 2. The van der Waals surface area contributed by atoms with Gasteiger partial charge < -0.3 is 15.2 Å². The highest BCUT2D eigenvalue weighted by molar-refractivity contribution is 8.26. The first kappa shape index (κ1) is 17.4. The van der Waals surface area contributed by atoms with Crippen LogP contribution in [0.4, 0.5) is 0 Å². The standard InChI is InChI=1S/C18H15NO4S2/c20-16(21)6-3-9-23-14-8-7-11-4-1-2-5-12(11)13(14)10-15-17(22)19-18(24)25-15/h1-2,4-5,7-8,10H,3,6,9H2,(H,20,21)(H,19,22,24)/b15-10+. The summed E-state index contributed by atoms with van der Waals surface area (Å²) in [4.78, 5) is 23.1. The van der Waals surface area contributed by atoms with E-state index in [1.165, 1.54) is 11.8 Å². The fourth-order valence-electron chi connectivity index (χ4n) is 2.51. The summed E-state index contributed by atoms with van der Waals surface area (Å²) >= 11 is 6.25. The van der Waals surface area contributed by atoms with Gasteiger partial charge in [0.1, 0.15) is 10.1 Å². The Hall–Kier alpha value is -2.38. The molecule has 1 heterocycles. The van der Waals surface area contributed by atoms with Crippen molar-refractivity contribution in [2.45, 2.75) is 12.8 Å². The number of thioether (sulfide) groups is 1. The Labute approximate surface area is 154 Å². The van der Waals surface area contributed by atoms with Gasteiger partial charge in [0, 0.05) is 12.0 Å². The third-order valence-corrected chi connectivity index (χ3v) is 4.80. The number of amides is 1. The van der Waals surface area contributed by atoms with Gasteiger partial charge in [0.05, 0.1) is 11.5 Å². The maximum Gasteiger partial charge on any atom is 0.303 e. The van der Waals surface area contributed by atoms with Gasteiger partial charge in [-0.3, -0.25) is 9.59 Å². The molecule has 0 spiro atoms. The van der Waals surface area contributed by atoms with Crippen LogP contribution in [0.15, 0.2) is 41.3 Å². The number of hydrogen-bond acceptors (Lipinski definition) is 5. The summed E-state index contributed by atoms with van der Waals surface area (Å²) in [6.07, 6.45) is 2.24. The van der Waals surface area contributed by atoms with Crippen molar-refractivity contribution in [2.24, 2.45) is 0 Å².